The van der Waals surface area contributed by atoms with Crippen LogP contribution >= 0.6 is 0 Å². The summed E-state index contributed by atoms with van der Waals surface area (Å²) in [5.41, 5.74) is 5.97. The van der Waals surface area contributed by atoms with E-state index < -0.39 is 9.84 Å². The minimum atomic E-state index is -3.73. The molecule has 34 heavy (non-hydrogen) atoms. The molecule has 8 heteroatoms. The van der Waals surface area contributed by atoms with E-state index in [0.717, 1.165) is 28.1 Å². The van der Waals surface area contributed by atoms with E-state index in [9.17, 15) is 8.42 Å². The molecule has 0 unspecified atom stereocenters. The van der Waals surface area contributed by atoms with Crippen LogP contribution in [0.3, 0.4) is 0 Å². The zero-order valence-electron chi connectivity index (χ0n) is 17.7. The zero-order chi connectivity index (χ0) is 22.4. The normalized spacial score (nSPS) is 12.5. The van der Waals surface area contributed by atoms with Crippen LogP contribution < -0.4 is 0 Å². The average molecular weight is 506 g/mol. The molecular weight excluding hydrogens is 488 g/mol. The molecule has 0 fully saturated rings. The van der Waals surface area contributed by atoms with Gasteiger partial charge in [-0.3, -0.25) is 0 Å². The van der Waals surface area contributed by atoms with Crippen molar-refractivity contribution >= 4 is 56.2 Å². The molecule has 2 aliphatic heterocycles. The molecule has 0 saturated heterocycles. The second-order valence-corrected chi connectivity index (χ2v) is 9.77. The van der Waals surface area contributed by atoms with E-state index >= 15 is 0 Å². The van der Waals surface area contributed by atoms with Crippen LogP contribution in [-0.4, -0.2) is 28.4 Å². The Morgan fingerprint density at radius 2 is 1.12 bits per heavy atom. The van der Waals surface area contributed by atoms with Gasteiger partial charge in [-0.2, -0.15) is 0 Å². The fraction of sp³-hybridized carbons (Fsp3) is 0. The quantitative estimate of drug-likeness (QED) is 0.304. The number of benzene rings is 1. The fourth-order valence-corrected chi connectivity index (χ4v) is 5.39. The molecule has 5 heterocycles. The number of H-pyrrole nitrogens is 2. The third kappa shape index (κ3) is 4.15. The Labute approximate surface area is 206 Å². The van der Waals surface area contributed by atoms with Crippen molar-refractivity contribution in [1.82, 2.24) is 19.9 Å². The SMILES string of the molecule is O=S(=O)(c1ccccc1)c1cc2cc3nc(cc4ccc(cc5nc(cc1[nH]2)C=C5)[nH]4)C=C3.[Fe]. The van der Waals surface area contributed by atoms with E-state index in [4.69, 9.17) is 0 Å². The first-order valence-corrected chi connectivity index (χ1v) is 11.9. The summed E-state index contributed by atoms with van der Waals surface area (Å²) >= 11 is 0. The molecule has 0 saturated carbocycles. The van der Waals surface area contributed by atoms with Crippen molar-refractivity contribution in [2.24, 2.45) is 0 Å². The van der Waals surface area contributed by atoms with Gasteiger partial charge < -0.3 is 9.97 Å². The third-order valence-corrected chi connectivity index (χ3v) is 7.28. The predicted molar refractivity (Wildman–Crippen MR) is 131 cm³/mol. The Bertz CT molecular complexity index is 1730. The standard InChI is InChI=1S/C26H18N4O2S.Fe/c31-33(32,24-4-2-1-3-5-24)26-16-23-14-21-9-8-19(28-21)12-17-6-7-18(27-17)13-20-10-11-22(29-20)15-25(26)30-23;/h1-16,27,30H;. The van der Waals surface area contributed by atoms with Crippen molar-refractivity contribution in [1.29, 1.82) is 0 Å². The van der Waals surface area contributed by atoms with Gasteiger partial charge in [0.25, 0.3) is 0 Å². The average Bonchev–Trinajstić information content (AvgIpc) is 3.59. The van der Waals surface area contributed by atoms with Gasteiger partial charge in [0.15, 0.2) is 0 Å². The number of fused-ring (bicyclic) bond motifs is 8. The van der Waals surface area contributed by atoms with E-state index in [1.54, 1.807) is 42.5 Å². The van der Waals surface area contributed by atoms with Crippen molar-refractivity contribution in [2.45, 2.75) is 9.79 Å². The van der Waals surface area contributed by atoms with Gasteiger partial charge >= 0.3 is 0 Å². The molecule has 0 atom stereocenters. The summed E-state index contributed by atoms with van der Waals surface area (Å²) in [6.45, 7) is 0. The minimum Gasteiger partial charge on any atom is -0.355 e. The van der Waals surface area contributed by atoms with Crippen LogP contribution in [0.4, 0.5) is 0 Å². The molecular formula is C26H18FeN4O2S. The van der Waals surface area contributed by atoms with Crippen molar-refractivity contribution < 1.29 is 25.5 Å². The first-order chi connectivity index (χ1) is 16.0. The van der Waals surface area contributed by atoms with E-state index in [2.05, 4.69) is 19.9 Å². The number of nitrogens with zero attached hydrogens (tertiary/aromatic N) is 2. The Morgan fingerprint density at radius 1 is 0.588 bits per heavy atom. The Balaban J connectivity index is 0.00000241. The Morgan fingerprint density at radius 3 is 1.71 bits per heavy atom. The molecule has 6 rings (SSSR count). The van der Waals surface area contributed by atoms with Crippen LogP contribution in [0.25, 0.3) is 46.4 Å². The summed E-state index contributed by atoms with van der Waals surface area (Å²) in [5.74, 6) is 0. The van der Waals surface area contributed by atoms with Gasteiger partial charge in [0.2, 0.25) is 9.84 Å². The van der Waals surface area contributed by atoms with Gasteiger partial charge in [-0.1, -0.05) is 18.2 Å². The summed E-state index contributed by atoms with van der Waals surface area (Å²) in [6, 6.07) is 21.6. The summed E-state index contributed by atoms with van der Waals surface area (Å²) in [7, 11) is -3.73. The van der Waals surface area contributed by atoms with Crippen molar-refractivity contribution in [3.63, 3.8) is 0 Å². The molecule has 3 aromatic heterocycles. The van der Waals surface area contributed by atoms with E-state index in [0.29, 0.717) is 16.7 Å². The molecule has 4 aromatic rings. The molecule has 2 N–H and O–H groups in total. The van der Waals surface area contributed by atoms with Gasteiger partial charge in [0.1, 0.15) is 0 Å². The van der Waals surface area contributed by atoms with Crippen LogP contribution in [0.15, 0.2) is 82.6 Å². The molecule has 168 valence electrons. The van der Waals surface area contributed by atoms with Gasteiger partial charge in [-0.05, 0) is 78.9 Å². The van der Waals surface area contributed by atoms with E-state index in [1.165, 1.54) is 0 Å². The topological polar surface area (TPSA) is 91.5 Å². The first-order valence-electron chi connectivity index (χ1n) is 10.4. The number of hydrogen-bond acceptors (Lipinski definition) is 4. The molecule has 0 radical (unpaired) electrons. The Hall–Kier alpha value is -3.71. The zero-order valence-corrected chi connectivity index (χ0v) is 19.6. The van der Waals surface area contributed by atoms with E-state index in [1.807, 2.05) is 54.6 Å². The predicted octanol–water partition coefficient (Wildman–Crippen LogP) is 5.49. The van der Waals surface area contributed by atoms with Crippen molar-refractivity contribution in [3.8, 4) is 0 Å². The first kappa shape index (κ1) is 22.1. The maximum atomic E-state index is 13.4. The summed E-state index contributed by atoms with van der Waals surface area (Å²) in [4.78, 5) is 16.3. The summed E-state index contributed by atoms with van der Waals surface area (Å²) < 4.78 is 26.9. The molecule has 0 spiro atoms. The molecule has 1 aromatic carbocycles. The smallest absolute Gasteiger partial charge is 0.208 e. The number of aromatic amines is 2. The van der Waals surface area contributed by atoms with Crippen LogP contribution in [0.2, 0.25) is 0 Å². The van der Waals surface area contributed by atoms with Crippen LogP contribution in [0.5, 0.6) is 0 Å². The summed E-state index contributed by atoms with van der Waals surface area (Å²) in [5, 5.41) is 0. The van der Waals surface area contributed by atoms with Gasteiger partial charge in [0, 0.05) is 33.6 Å². The number of aromatic nitrogens is 4. The second kappa shape index (κ2) is 8.57. The number of nitrogens with one attached hydrogen (secondary N) is 2. The van der Waals surface area contributed by atoms with Gasteiger partial charge in [0.05, 0.1) is 38.1 Å². The molecule has 8 bridgehead atoms. The minimum absolute atomic E-state index is 0. The third-order valence-electron chi connectivity index (χ3n) is 5.47. The van der Waals surface area contributed by atoms with Crippen LogP contribution in [-0.2, 0) is 26.9 Å². The molecule has 0 aliphatic carbocycles. The van der Waals surface area contributed by atoms with Crippen molar-refractivity contribution in [3.05, 3.63) is 95.6 Å². The molecule has 2 aliphatic rings. The number of sulfone groups is 1. The molecule has 0 amide bonds. The maximum Gasteiger partial charge on any atom is 0.208 e. The second-order valence-electron chi connectivity index (χ2n) is 7.86. The van der Waals surface area contributed by atoms with Gasteiger partial charge in [-0.25, -0.2) is 18.4 Å². The maximum absolute atomic E-state index is 13.4. The molecule has 6 nitrogen and oxygen atoms in total. The monoisotopic (exact) mass is 506 g/mol. The van der Waals surface area contributed by atoms with Crippen LogP contribution in [0, 0.1) is 0 Å². The van der Waals surface area contributed by atoms with Gasteiger partial charge in [-0.15, -0.1) is 0 Å². The summed E-state index contributed by atoms with van der Waals surface area (Å²) in [6.07, 6.45) is 7.60. The fourth-order valence-electron chi connectivity index (χ4n) is 3.94. The van der Waals surface area contributed by atoms with Crippen molar-refractivity contribution in [2.75, 3.05) is 0 Å². The Kier molecular flexibility index (Phi) is 5.57. The number of hydrogen-bond donors (Lipinski definition) is 2. The van der Waals surface area contributed by atoms with Crippen LogP contribution in [0.1, 0.15) is 22.8 Å². The van der Waals surface area contributed by atoms with E-state index in [-0.39, 0.29) is 26.9 Å². The largest absolute Gasteiger partial charge is 0.355 e. The number of rotatable bonds is 2.